The van der Waals surface area contributed by atoms with Crippen LogP contribution in [0.2, 0.25) is 0 Å². The average molecular weight is 344 g/mol. The number of hydrogen-bond acceptors (Lipinski definition) is 2. The van der Waals surface area contributed by atoms with Crippen molar-refractivity contribution in [2.75, 3.05) is 0 Å². The maximum Gasteiger partial charge on any atom is 0.412 e. The second-order valence-corrected chi connectivity index (χ2v) is 6.13. The zero-order valence-corrected chi connectivity index (χ0v) is 13.2. The lowest BCUT2D eigenvalue weighted by Gasteiger charge is -2.23. The fraction of sp³-hybridized carbons (Fsp3) is 0.263. The Labute approximate surface area is 143 Å². The smallest absolute Gasteiger partial charge is 0.339 e. The first-order valence-electron chi connectivity index (χ1n) is 7.80. The standard InChI is InChI=1S/C19H15F3N2O/c20-19(21,22)16(24-17(25)18(12-23)10-11-18)15-8-6-14(7-9-15)13-4-2-1-3-5-13/h1-9,16H,10-11H2,(H,24,25). The molecule has 1 atom stereocenters. The van der Waals surface area contributed by atoms with Crippen LogP contribution in [0.15, 0.2) is 54.6 Å². The van der Waals surface area contributed by atoms with Gasteiger partial charge in [0.1, 0.15) is 5.41 Å². The van der Waals surface area contributed by atoms with Gasteiger partial charge in [-0.1, -0.05) is 54.6 Å². The SMILES string of the molecule is N#CC1(C(=O)NC(c2ccc(-c3ccccc3)cc2)C(F)(F)F)CC1. The van der Waals surface area contributed by atoms with Crippen molar-refractivity contribution >= 4 is 5.91 Å². The summed E-state index contributed by atoms with van der Waals surface area (Å²) in [7, 11) is 0. The summed E-state index contributed by atoms with van der Waals surface area (Å²) in [6, 6.07) is 14.8. The van der Waals surface area contributed by atoms with Crippen molar-refractivity contribution in [3.63, 3.8) is 0 Å². The van der Waals surface area contributed by atoms with Crippen molar-refractivity contribution in [3.05, 3.63) is 60.2 Å². The molecule has 0 spiro atoms. The van der Waals surface area contributed by atoms with E-state index in [2.05, 4.69) is 0 Å². The lowest BCUT2D eigenvalue weighted by molar-refractivity contribution is -0.164. The van der Waals surface area contributed by atoms with Crippen molar-refractivity contribution in [1.29, 1.82) is 5.26 Å². The number of nitrogens with one attached hydrogen (secondary N) is 1. The van der Waals surface area contributed by atoms with E-state index in [1.54, 1.807) is 12.1 Å². The number of carbonyl (C=O) groups excluding carboxylic acids is 1. The van der Waals surface area contributed by atoms with Crippen molar-refractivity contribution in [2.24, 2.45) is 5.41 Å². The first-order valence-corrected chi connectivity index (χ1v) is 7.80. The minimum Gasteiger partial charge on any atom is -0.339 e. The highest BCUT2D eigenvalue weighted by Crippen LogP contribution is 2.46. The molecule has 3 rings (SSSR count). The van der Waals surface area contributed by atoms with Crippen LogP contribution in [0.1, 0.15) is 24.4 Å². The predicted molar refractivity (Wildman–Crippen MR) is 86.1 cm³/mol. The van der Waals surface area contributed by atoms with Gasteiger partial charge in [0.05, 0.1) is 6.07 Å². The number of amides is 1. The topological polar surface area (TPSA) is 52.9 Å². The molecule has 0 radical (unpaired) electrons. The molecule has 0 saturated heterocycles. The monoisotopic (exact) mass is 344 g/mol. The lowest BCUT2D eigenvalue weighted by Crippen LogP contribution is -2.41. The molecule has 1 aliphatic rings. The van der Waals surface area contributed by atoms with Crippen LogP contribution in [0.3, 0.4) is 0 Å². The third-order valence-electron chi connectivity index (χ3n) is 4.35. The van der Waals surface area contributed by atoms with Crippen LogP contribution in [0, 0.1) is 16.7 Å². The molecule has 1 fully saturated rings. The number of carbonyl (C=O) groups is 1. The number of hydrogen-bond donors (Lipinski definition) is 1. The minimum absolute atomic E-state index is 0.0609. The summed E-state index contributed by atoms with van der Waals surface area (Å²) in [6.07, 6.45) is -4.05. The summed E-state index contributed by atoms with van der Waals surface area (Å²) in [6.45, 7) is 0. The summed E-state index contributed by atoms with van der Waals surface area (Å²) in [5.74, 6) is -0.857. The van der Waals surface area contributed by atoms with Crippen LogP contribution >= 0.6 is 0 Å². The van der Waals surface area contributed by atoms with E-state index in [4.69, 9.17) is 5.26 Å². The normalized spacial score (nSPS) is 16.6. The fourth-order valence-corrected chi connectivity index (χ4v) is 2.64. The fourth-order valence-electron chi connectivity index (χ4n) is 2.64. The minimum atomic E-state index is -4.64. The molecule has 1 N–H and O–H groups in total. The number of nitriles is 1. The number of rotatable bonds is 4. The summed E-state index contributed by atoms with van der Waals surface area (Å²) in [5, 5.41) is 11.0. The molecule has 1 aliphatic carbocycles. The molecule has 6 heteroatoms. The third kappa shape index (κ3) is 3.50. The van der Waals surface area contributed by atoms with E-state index in [1.165, 1.54) is 12.1 Å². The average Bonchev–Trinajstić information content (AvgIpc) is 3.41. The van der Waals surface area contributed by atoms with E-state index in [-0.39, 0.29) is 5.56 Å². The van der Waals surface area contributed by atoms with Gasteiger partial charge in [-0.15, -0.1) is 0 Å². The molecule has 25 heavy (non-hydrogen) atoms. The second-order valence-electron chi connectivity index (χ2n) is 6.13. The maximum absolute atomic E-state index is 13.4. The maximum atomic E-state index is 13.4. The van der Waals surface area contributed by atoms with E-state index < -0.39 is 23.5 Å². The first-order chi connectivity index (χ1) is 11.9. The van der Waals surface area contributed by atoms with E-state index >= 15 is 0 Å². The van der Waals surface area contributed by atoms with Crippen molar-refractivity contribution in [3.8, 4) is 17.2 Å². The highest BCUT2D eigenvalue weighted by atomic mass is 19.4. The summed E-state index contributed by atoms with van der Waals surface area (Å²) in [5.41, 5.74) is 0.317. The Hall–Kier alpha value is -2.81. The summed E-state index contributed by atoms with van der Waals surface area (Å²) in [4.78, 5) is 12.0. The van der Waals surface area contributed by atoms with E-state index in [0.717, 1.165) is 11.1 Å². The quantitative estimate of drug-likeness (QED) is 0.895. The van der Waals surface area contributed by atoms with Crippen molar-refractivity contribution in [2.45, 2.75) is 25.1 Å². The molecule has 0 aromatic heterocycles. The Morgan fingerprint density at radius 3 is 2.08 bits per heavy atom. The van der Waals surface area contributed by atoms with E-state index in [9.17, 15) is 18.0 Å². The molecule has 0 heterocycles. The van der Waals surface area contributed by atoms with Gasteiger partial charge in [-0.2, -0.15) is 18.4 Å². The van der Waals surface area contributed by atoms with E-state index in [1.807, 2.05) is 41.7 Å². The van der Waals surface area contributed by atoms with Crippen LogP contribution < -0.4 is 5.32 Å². The number of nitrogens with zero attached hydrogens (tertiary/aromatic N) is 1. The molecular formula is C19H15F3N2O. The van der Waals surface area contributed by atoms with Gasteiger partial charge < -0.3 is 5.32 Å². The predicted octanol–water partition coefficient (Wildman–Crippen LogP) is 4.38. The Kier molecular flexibility index (Phi) is 4.25. The Morgan fingerprint density at radius 1 is 1.04 bits per heavy atom. The molecule has 2 aromatic rings. The van der Waals surface area contributed by atoms with Crippen LogP contribution in [0.4, 0.5) is 13.2 Å². The van der Waals surface area contributed by atoms with Gasteiger partial charge in [-0.25, -0.2) is 0 Å². The molecule has 128 valence electrons. The van der Waals surface area contributed by atoms with Gasteiger partial charge in [0, 0.05) is 0 Å². The van der Waals surface area contributed by atoms with Gasteiger partial charge in [-0.3, -0.25) is 4.79 Å². The second kappa shape index (κ2) is 6.25. The largest absolute Gasteiger partial charge is 0.412 e. The van der Waals surface area contributed by atoms with Crippen molar-refractivity contribution in [1.82, 2.24) is 5.32 Å². The van der Waals surface area contributed by atoms with Gasteiger partial charge in [0.2, 0.25) is 5.91 Å². The molecule has 1 amide bonds. The molecule has 3 nitrogen and oxygen atoms in total. The zero-order valence-electron chi connectivity index (χ0n) is 13.2. The van der Waals surface area contributed by atoms with Gasteiger partial charge in [-0.05, 0) is 29.5 Å². The zero-order chi connectivity index (χ0) is 18.1. The summed E-state index contributed by atoms with van der Waals surface area (Å²) < 4.78 is 40.2. The molecular weight excluding hydrogens is 329 g/mol. The van der Waals surface area contributed by atoms with Crippen LogP contribution in [-0.2, 0) is 4.79 Å². The third-order valence-corrected chi connectivity index (χ3v) is 4.35. The molecule has 2 aromatic carbocycles. The van der Waals surface area contributed by atoms with Gasteiger partial charge in [0.25, 0.3) is 0 Å². The van der Waals surface area contributed by atoms with E-state index in [0.29, 0.717) is 12.8 Å². The van der Waals surface area contributed by atoms with Gasteiger partial charge in [0.15, 0.2) is 6.04 Å². The molecule has 1 saturated carbocycles. The Balaban J connectivity index is 1.85. The highest BCUT2D eigenvalue weighted by molar-refractivity contribution is 5.88. The molecule has 0 bridgehead atoms. The Morgan fingerprint density at radius 2 is 1.60 bits per heavy atom. The summed E-state index contributed by atoms with van der Waals surface area (Å²) >= 11 is 0. The highest BCUT2D eigenvalue weighted by Gasteiger charge is 2.53. The molecule has 0 aliphatic heterocycles. The van der Waals surface area contributed by atoms with Crippen LogP contribution in [0.5, 0.6) is 0 Å². The van der Waals surface area contributed by atoms with Crippen molar-refractivity contribution < 1.29 is 18.0 Å². The molecule has 1 unspecified atom stereocenters. The first kappa shape index (κ1) is 17.0. The van der Waals surface area contributed by atoms with Crippen LogP contribution in [0.25, 0.3) is 11.1 Å². The van der Waals surface area contributed by atoms with Crippen LogP contribution in [-0.4, -0.2) is 12.1 Å². The lowest BCUT2D eigenvalue weighted by atomic mass is 9.99. The number of alkyl halides is 3. The number of benzene rings is 2. The Bertz CT molecular complexity index is 803. The van der Waals surface area contributed by atoms with Gasteiger partial charge >= 0.3 is 6.18 Å². The number of halogens is 3.